The minimum Gasteiger partial charge on any atom is -0.497 e. The van der Waals surface area contributed by atoms with E-state index < -0.39 is 0 Å². The first-order valence-electron chi connectivity index (χ1n) is 11.7. The molecule has 7 nitrogen and oxygen atoms in total. The van der Waals surface area contributed by atoms with Crippen molar-refractivity contribution >= 4 is 16.8 Å². The molecule has 35 heavy (non-hydrogen) atoms. The number of piperazine rings is 1. The maximum absolute atomic E-state index is 13.7. The van der Waals surface area contributed by atoms with E-state index >= 15 is 0 Å². The van der Waals surface area contributed by atoms with Crippen LogP contribution in [-0.2, 0) is 6.54 Å². The fourth-order valence-electron chi connectivity index (χ4n) is 4.55. The van der Waals surface area contributed by atoms with E-state index in [1.165, 1.54) is 0 Å². The Morgan fingerprint density at radius 1 is 0.914 bits per heavy atom. The highest BCUT2D eigenvalue weighted by Crippen LogP contribution is 2.28. The van der Waals surface area contributed by atoms with Gasteiger partial charge >= 0.3 is 0 Å². The average Bonchev–Trinajstić information content (AvgIpc) is 2.93. The van der Waals surface area contributed by atoms with Crippen LogP contribution >= 0.6 is 0 Å². The zero-order valence-corrected chi connectivity index (χ0v) is 20.0. The van der Waals surface area contributed by atoms with Crippen molar-refractivity contribution in [3.63, 3.8) is 0 Å². The summed E-state index contributed by atoms with van der Waals surface area (Å²) in [5.41, 5.74) is 4.29. The van der Waals surface area contributed by atoms with Crippen LogP contribution in [-0.4, -0.2) is 66.1 Å². The maximum Gasteiger partial charge on any atom is 0.254 e. The number of hydrogen-bond acceptors (Lipinski definition) is 6. The first kappa shape index (κ1) is 22.8. The van der Waals surface area contributed by atoms with Gasteiger partial charge in [-0.1, -0.05) is 18.2 Å². The van der Waals surface area contributed by atoms with Crippen LogP contribution in [0.1, 0.15) is 15.9 Å². The number of ether oxygens (including phenoxy) is 2. The molecule has 0 unspecified atom stereocenters. The van der Waals surface area contributed by atoms with Crippen LogP contribution in [0.2, 0.25) is 0 Å². The SMILES string of the molecule is COc1ccc(OC)c(CN2CCN(C(=O)c3cc(-c4ccncc4)nc4ccccc34)CC2)c1. The van der Waals surface area contributed by atoms with E-state index in [0.29, 0.717) is 18.7 Å². The number of amides is 1. The minimum atomic E-state index is 0.0394. The van der Waals surface area contributed by atoms with Gasteiger partial charge in [-0.25, -0.2) is 4.98 Å². The number of para-hydroxylation sites is 1. The third-order valence-electron chi connectivity index (χ3n) is 6.46. The fraction of sp³-hybridized carbons (Fsp3) is 0.250. The molecular weight excluding hydrogens is 440 g/mol. The van der Waals surface area contributed by atoms with Gasteiger partial charge in [-0.05, 0) is 42.5 Å². The summed E-state index contributed by atoms with van der Waals surface area (Å²) in [7, 11) is 3.35. The highest BCUT2D eigenvalue weighted by Gasteiger charge is 2.25. The quantitative estimate of drug-likeness (QED) is 0.421. The van der Waals surface area contributed by atoms with Crippen molar-refractivity contribution in [2.24, 2.45) is 0 Å². The molecule has 3 heterocycles. The molecule has 0 bridgehead atoms. The third kappa shape index (κ3) is 4.81. The van der Waals surface area contributed by atoms with Crippen molar-refractivity contribution in [1.29, 1.82) is 0 Å². The Bertz CT molecular complexity index is 1330. The third-order valence-corrected chi connectivity index (χ3v) is 6.46. The van der Waals surface area contributed by atoms with Crippen molar-refractivity contribution in [2.75, 3.05) is 40.4 Å². The Morgan fingerprint density at radius 2 is 1.69 bits per heavy atom. The van der Waals surface area contributed by atoms with Crippen LogP contribution in [0.5, 0.6) is 11.5 Å². The molecule has 1 amide bonds. The lowest BCUT2D eigenvalue weighted by Gasteiger charge is -2.35. The molecule has 1 aliphatic heterocycles. The Labute approximate surface area is 204 Å². The number of nitrogens with zero attached hydrogens (tertiary/aromatic N) is 4. The second-order valence-corrected chi connectivity index (χ2v) is 8.55. The number of methoxy groups -OCH3 is 2. The van der Waals surface area contributed by atoms with Crippen LogP contribution in [0.4, 0.5) is 0 Å². The molecule has 1 fully saturated rings. The largest absolute Gasteiger partial charge is 0.497 e. The Hall–Kier alpha value is -3.97. The molecule has 7 heteroatoms. The molecule has 4 aromatic rings. The molecule has 1 saturated heterocycles. The van der Waals surface area contributed by atoms with Crippen molar-refractivity contribution in [2.45, 2.75) is 6.54 Å². The van der Waals surface area contributed by atoms with Crippen molar-refractivity contribution in [1.82, 2.24) is 19.8 Å². The van der Waals surface area contributed by atoms with Crippen molar-refractivity contribution in [3.8, 4) is 22.8 Å². The highest BCUT2D eigenvalue weighted by atomic mass is 16.5. The molecular formula is C28H28N4O3. The summed E-state index contributed by atoms with van der Waals surface area (Å²) in [6, 6.07) is 19.4. The van der Waals surface area contributed by atoms with Crippen LogP contribution < -0.4 is 9.47 Å². The van der Waals surface area contributed by atoms with E-state index in [1.807, 2.05) is 65.6 Å². The lowest BCUT2D eigenvalue weighted by molar-refractivity contribution is 0.0629. The van der Waals surface area contributed by atoms with E-state index in [2.05, 4.69) is 9.88 Å². The predicted molar refractivity (Wildman–Crippen MR) is 136 cm³/mol. The van der Waals surface area contributed by atoms with Gasteiger partial charge < -0.3 is 14.4 Å². The van der Waals surface area contributed by atoms with Gasteiger partial charge in [-0.3, -0.25) is 14.7 Å². The van der Waals surface area contributed by atoms with E-state index in [1.54, 1.807) is 26.6 Å². The molecule has 178 valence electrons. The summed E-state index contributed by atoms with van der Waals surface area (Å²) >= 11 is 0. The second-order valence-electron chi connectivity index (χ2n) is 8.55. The number of pyridine rings is 2. The maximum atomic E-state index is 13.7. The van der Waals surface area contributed by atoms with Gasteiger partial charge in [0.25, 0.3) is 5.91 Å². The Balaban J connectivity index is 1.35. The van der Waals surface area contributed by atoms with Gasteiger partial charge in [0.2, 0.25) is 0 Å². The molecule has 2 aromatic heterocycles. The van der Waals surface area contributed by atoms with Gasteiger partial charge in [-0.15, -0.1) is 0 Å². The zero-order chi connectivity index (χ0) is 24.2. The zero-order valence-electron chi connectivity index (χ0n) is 20.0. The molecule has 1 aliphatic rings. The average molecular weight is 469 g/mol. The summed E-state index contributed by atoms with van der Waals surface area (Å²) in [5.74, 6) is 1.69. The topological polar surface area (TPSA) is 67.8 Å². The first-order chi connectivity index (χ1) is 17.2. The summed E-state index contributed by atoms with van der Waals surface area (Å²) in [5, 5.41) is 0.874. The van der Waals surface area contributed by atoms with Gasteiger partial charge in [0.15, 0.2) is 0 Å². The normalized spacial score (nSPS) is 14.2. The van der Waals surface area contributed by atoms with Crippen LogP contribution in [0.25, 0.3) is 22.2 Å². The first-order valence-corrected chi connectivity index (χ1v) is 11.7. The van der Waals surface area contributed by atoms with Crippen molar-refractivity contribution < 1.29 is 14.3 Å². The van der Waals surface area contributed by atoms with Crippen LogP contribution in [0, 0.1) is 0 Å². The van der Waals surface area contributed by atoms with Crippen molar-refractivity contribution in [3.05, 3.63) is 84.2 Å². The minimum absolute atomic E-state index is 0.0394. The van der Waals surface area contributed by atoms with E-state index in [4.69, 9.17) is 14.5 Å². The molecule has 2 aromatic carbocycles. The van der Waals surface area contributed by atoms with Gasteiger partial charge in [-0.2, -0.15) is 0 Å². The van der Waals surface area contributed by atoms with E-state index in [0.717, 1.165) is 58.9 Å². The summed E-state index contributed by atoms with van der Waals surface area (Å²) < 4.78 is 10.9. The summed E-state index contributed by atoms with van der Waals surface area (Å²) in [4.78, 5) is 26.9. The predicted octanol–water partition coefficient (Wildman–Crippen LogP) is 4.27. The van der Waals surface area contributed by atoms with E-state index in [9.17, 15) is 4.79 Å². The number of fused-ring (bicyclic) bond motifs is 1. The standard InChI is InChI=1S/C28H28N4O3/c1-34-22-7-8-27(35-2)21(17-22)19-31-13-15-32(16-14-31)28(33)24-18-26(20-9-11-29-12-10-20)30-25-6-4-3-5-23(24)25/h3-12,17-18H,13-16,19H2,1-2H3. The highest BCUT2D eigenvalue weighted by molar-refractivity contribution is 6.07. The Morgan fingerprint density at radius 3 is 2.43 bits per heavy atom. The summed E-state index contributed by atoms with van der Waals surface area (Å²) in [6.07, 6.45) is 3.48. The fourth-order valence-corrected chi connectivity index (χ4v) is 4.55. The molecule has 0 N–H and O–H groups in total. The monoisotopic (exact) mass is 468 g/mol. The molecule has 0 atom stereocenters. The number of carbonyl (C=O) groups excluding carboxylic acids is 1. The molecule has 0 spiro atoms. The van der Waals surface area contributed by atoms with Gasteiger partial charge in [0, 0.05) is 61.6 Å². The number of rotatable bonds is 6. The van der Waals surface area contributed by atoms with E-state index in [-0.39, 0.29) is 5.91 Å². The van der Waals surface area contributed by atoms with Gasteiger partial charge in [0.05, 0.1) is 31.0 Å². The molecule has 5 rings (SSSR count). The molecule has 0 radical (unpaired) electrons. The number of benzene rings is 2. The van der Waals surface area contributed by atoms with Gasteiger partial charge in [0.1, 0.15) is 11.5 Å². The summed E-state index contributed by atoms with van der Waals surface area (Å²) in [6.45, 7) is 3.63. The second kappa shape index (κ2) is 10.1. The van der Waals surface area contributed by atoms with Crippen LogP contribution in [0.15, 0.2) is 73.1 Å². The lowest BCUT2D eigenvalue weighted by Crippen LogP contribution is -2.48. The lowest BCUT2D eigenvalue weighted by atomic mass is 10.0. The smallest absolute Gasteiger partial charge is 0.254 e. The molecule has 0 saturated carbocycles. The Kier molecular flexibility index (Phi) is 6.59. The number of carbonyl (C=O) groups is 1. The number of hydrogen-bond donors (Lipinski definition) is 0. The van der Waals surface area contributed by atoms with Crippen LogP contribution in [0.3, 0.4) is 0 Å². The number of aromatic nitrogens is 2. The molecule has 0 aliphatic carbocycles.